The zero-order valence-corrected chi connectivity index (χ0v) is 10.9. The lowest BCUT2D eigenvalue weighted by atomic mass is 9.89. The molecule has 0 amide bonds. The van der Waals surface area contributed by atoms with Crippen LogP contribution in [0.3, 0.4) is 0 Å². The van der Waals surface area contributed by atoms with Gasteiger partial charge in [0.1, 0.15) is 0 Å². The van der Waals surface area contributed by atoms with E-state index in [9.17, 15) is 9.90 Å². The number of nitrogens with two attached hydrogens (primary N) is 1. The van der Waals surface area contributed by atoms with Crippen molar-refractivity contribution >= 4 is 17.3 Å². The summed E-state index contributed by atoms with van der Waals surface area (Å²) in [6, 6.07) is 5.03. The lowest BCUT2D eigenvalue weighted by Gasteiger charge is -2.23. The number of nitrogens with one attached hydrogen (secondary N) is 1. The van der Waals surface area contributed by atoms with Gasteiger partial charge in [-0.3, -0.25) is 0 Å². The van der Waals surface area contributed by atoms with Gasteiger partial charge in [-0.1, -0.05) is 12.5 Å². The van der Waals surface area contributed by atoms with Gasteiger partial charge in [-0.2, -0.15) is 0 Å². The average Bonchev–Trinajstić information content (AvgIpc) is 2.99. The van der Waals surface area contributed by atoms with Gasteiger partial charge in [0.2, 0.25) is 0 Å². The lowest BCUT2D eigenvalue weighted by Crippen LogP contribution is -2.21. The molecule has 2 fully saturated rings. The molecule has 2 aliphatic rings. The summed E-state index contributed by atoms with van der Waals surface area (Å²) in [5.41, 5.74) is 7.26. The Morgan fingerprint density at radius 3 is 2.84 bits per heavy atom. The second-order valence-electron chi connectivity index (χ2n) is 5.89. The van der Waals surface area contributed by atoms with E-state index in [0.717, 1.165) is 18.4 Å². The van der Waals surface area contributed by atoms with Gasteiger partial charge in [0.25, 0.3) is 0 Å². The summed E-state index contributed by atoms with van der Waals surface area (Å²) in [6.07, 6.45) is 5.37. The number of nitrogen functional groups attached to an aromatic ring is 1. The molecule has 4 heteroatoms. The van der Waals surface area contributed by atoms with Crippen LogP contribution in [0.1, 0.15) is 36.0 Å². The van der Waals surface area contributed by atoms with Gasteiger partial charge in [0, 0.05) is 6.54 Å². The first-order chi connectivity index (χ1) is 9.15. The van der Waals surface area contributed by atoms with Crippen molar-refractivity contribution < 1.29 is 9.90 Å². The second-order valence-corrected chi connectivity index (χ2v) is 5.89. The van der Waals surface area contributed by atoms with E-state index in [2.05, 4.69) is 5.32 Å². The Morgan fingerprint density at radius 2 is 2.21 bits per heavy atom. The van der Waals surface area contributed by atoms with Crippen molar-refractivity contribution in [2.24, 2.45) is 17.8 Å². The molecule has 0 radical (unpaired) electrons. The first-order valence-corrected chi connectivity index (χ1v) is 7.01. The van der Waals surface area contributed by atoms with Crippen LogP contribution in [0.4, 0.5) is 11.4 Å². The highest BCUT2D eigenvalue weighted by molar-refractivity contribution is 5.97. The number of carboxylic acids is 1. The zero-order chi connectivity index (χ0) is 13.4. The molecule has 3 rings (SSSR count). The van der Waals surface area contributed by atoms with Crippen molar-refractivity contribution in [1.82, 2.24) is 0 Å². The fraction of sp³-hybridized carbons (Fsp3) is 0.533. The molecule has 1 aromatic carbocycles. The Morgan fingerprint density at radius 1 is 1.37 bits per heavy atom. The summed E-state index contributed by atoms with van der Waals surface area (Å²) in [5.74, 6) is 1.49. The quantitative estimate of drug-likeness (QED) is 0.728. The maximum atomic E-state index is 11.2. The van der Waals surface area contributed by atoms with E-state index in [1.54, 1.807) is 18.2 Å². The van der Waals surface area contributed by atoms with Gasteiger partial charge in [-0.15, -0.1) is 0 Å². The summed E-state index contributed by atoms with van der Waals surface area (Å²) in [6.45, 7) is 0.843. The van der Waals surface area contributed by atoms with Crippen LogP contribution < -0.4 is 11.1 Å². The van der Waals surface area contributed by atoms with Gasteiger partial charge in [-0.25, -0.2) is 4.79 Å². The minimum absolute atomic E-state index is 0.267. The van der Waals surface area contributed by atoms with E-state index in [1.165, 1.54) is 25.7 Å². The van der Waals surface area contributed by atoms with Crippen LogP contribution in [0.2, 0.25) is 0 Å². The highest BCUT2D eigenvalue weighted by Crippen LogP contribution is 2.48. The normalized spacial score (nSPS) is 28.5. The maximum absolute atomic E-state index is 11.2. The Bertz CT molecular complexity index is 501. The van der Waals surface area contributed by atoms with E-state index in [0.29, 0.717) is 17.3 Å². The molecule has 1 aromatic rings. The standard InChI is InChI=1S/C15H20N2O2/c16-13-3-1-2-12(15(18)19)14(13)17-8-11-7-9-4-5-10(11)6-9/h1-3,9-11,17H,4-8,16H2,(H,18,19). The molecular formula is C15H20N2O2. The van der Waals surface area contributed by atoms with Gasteiger partial charge in [0.15, 0.2) is 0 Å². The fourth-order valence-corrected chi connectivity index (χ4v) is 3.81. The number of aromatic carboxylic acids is 1. The topological polar surface area (TPSA) is 75.4 Å². The Balaban J connectivity index is 1.71. The first-order valence-electron chi connectivity index (χ1n) is 7.01. The predicted molar refractivity (Wildman–Crippen MR) is 75.2 cm³/mol. The number of fused-ring (bicyclic) bond motifs is 2. The van der Waals surface area contributed by atoms with Crippen molar-refractivity contribution in [2.45, 2.75) is 25.7 Å². The monoisotopic (exact) mass is 260 g/mol. The number of hydrogen-bond donors (Lipinski definition) is 3. The SMILES string of the molecule is Nc1cccc(C(=O)O)c1NCC1CC2CCC1C2. The van der Waals surface area contributed by atoms with Crippen molar-refractivity contribution in [1.29, 1.82) is 0 Å². The summed E-state index contributed by atoms with van der Waals surface area (Å²) in [4.78, 5) is 11.2. The number of carbonyl (C=O) groups is 1. The molecule has 0 saturated heterocycles. The molecule has 2 saturated carbocycles. The number of carboxylic acid groups (broad SMARTS) is 1. The van der Waals surface area contributed by atoms with Crippen molar-refractivity contribution in [3.8, 4) is 0 Å². The van der Waals surface area contributed by atoms with E-state index < -0.39 is 5.97 Å². The van der Waals surface area contributed by atoms with Crippen LogP contribution in [-0.4, -0.2) is 17.6 Å². The highest BCUT2D eigenvalue weighted by atomic mass is 16.4. The predicted octanol–water partition coefficient (Wildman–Crippen LogP) is 2.82. The maximum Gasteiger partial charge on any atom is 0.337 e. The largest absolute Gasteiger partial charge is 0.478 e. The third kappa shape index (κ3) is 2.27. The smallest absolute Gasteiger partial charge is 0.337 e. The van der Waals surface area contributed by atoms with E-state index >= 15 is 0 Å². The van der Waals surface area contributed by atoms with Crippen LogP contribution in [0.15, 0.2) is 18.2 Å². The molecule has 3 unspecified atom stereocenters. The molecule has 0 heterocycles. The van der Waals surface area contributed by atoms with Crippen molar-refractivity contribution in [2.75, 3.05) is 17.6 Å². The molecule has 0 spiro atoms. The molecule has 3 atom stereocenters. The third-order valence-electron chi connectivity index (χ3n) is 4.75. The van der Waals surface area contributed by atoms with Crippen LogP contribution in [0.25, 0.3) is 0 Å². The molecule has 4 N–H and O–H groups in total. The van der Waals surface area contributed by atoms with E-state index in [-0.39, 0.29) is 5.56 Å². The van der Waals surface area contributed by atoms with Gasteiger partial charge < -0.3 is 16.2 Å². The number of hydrogen-bond acceptors (Lipinski definition) is 3. The summed E-state index contributed by atoms with van der Waals surface area (Å²) in [7, 11) is 0. The van der Waals surface area contributed by atoms with Gasteiger partial charge in [-0.05, 0) is 49.1 Å². The molecule has 19 heavy (non-hydrogen) atoms. The molecule has 2 bridgehead atoms. The summed E-state index contributed by atoms with van der Waals surface area (Å²) in [5, 5.41) is 12.5. The van der Waals surface area contributed by atoms with E-state index in [1.807, 2.05) is 0 Å². The molecular weight excluding hydrogens is 240 g/mol. The summed E-state index contributed by atoms with van der Waals surface area (Å²) >= 11 is 0. The number of rotatable bonds is 4. The molecule has 102 valence electrons. The second kappa shape index (κ2) is 4.76. The minimum Gasteiger partial charge on any atom is -0.478 e. The minimum atomic E-state index is -0.928. The van der Waals surface area contributed by atoms with Crippen LogP contribution >= 0.6 is 0 Å². The Labute approximate surface area is 113 Å². The summed E-state index contributed by atoms with van der Waals surface area (Å²) < 4.78 is 0. The number of anilines is 2. The number of para-hydroxylation sites is 1. The Kier molecular flexibility index (Phi) is 3.09. The highest BCUT2D eigenvalue weighted by Gasteiger charge is 2.39. The Hall–Kier alpha value is -1.71. The van der Waals surface area contributed by atoms with Gasteiger partial charge in [0.05, 0.1) is 16.9 Å². The lowest BCUT2D eigenvalue weighted by molar-refractivity contribution is 0.0698. The van der Waals surface area contributed by atoms with Crippen LogP contribution in [-0.2, 0) is 0 Å². The molecule has 2 aliphatic carbocycles. The molecule has 0 aromatic heterocycles. The first kappa shape index (κ1) is 12.3. The number of benzene rings is 1. The van der Waals surface area contributed by atoms with Crippen molar-refractivity contribution in [3.63, 3.8) is 0 Å². The van der Waals surface area contributed by atoms with Crippen LogP contribution in [0.5, 0.6) is 0 Å². The molecule has 4 nitrogen and oxygen atoms in total. The third-order valence-corrected chi connectivity index (χ3v) is 4.75. The zero-order valence-electron chi connectivity index (χ0n) is 10.9. The molecule has 0 aliphatic heterocycles. The van der Waals surface area contributed by atoms with Crippen molar-refractivity contribution in [3.05, 3.63) is 23.8 Å². The fourth-order valence-electron chi connectivity index (χ4n) is 3.81. The van der Waals surface area contributed by atoms with Crippen LogP contribution in [0, 0.1) is 17.8 Å². The average molecular weight is 260 g/mol. The van der Waals surface area contributed by atoms with Gasteiger partial charge >= 0.3 is 5.97 Å². The van der Waals surface area contributed by atoms with E-state index in [4.69, 9.17) is 5.73 Å².